The van der Waals surface area contributed by atoms with Crippen LogP contribution in [0.1, 0.15) is 63.6 Å². The van der Waals surface area contributed by atoms with Crippen LogP contribution in [0.2, 0.25) is 0 Å². The van der Waals surface area contributed by atoms with E-state index in [0.717, 1.165) is 45.1 Å². The molecule has 0 unspecified atom stereocenters. The van der Waals surface area contributed by atoms with Crippen molar-refractivity contribution in [2.24, 2.45) is 13.0 Å². The summed E-state index contributed by atoms with van der Waals surface area (Å²) < 4.78 is 2.23. The number of H-pyrrole nitrogens is 1. The fourth-order valence-electron chi connectivity index (χ4n) is 4.12. The maximum absolute atomic E-state index is 13.6. The van der Waals surface area contributed by atoms with Crippen LogP contribution in [-0.2, 0) is 18.3 Å². The van der Waals surface area contributed by atoms with Gasteiger partial charge in [0, 0.05) is 41.4 Å². The third-order valence-corrected chi connectivity index (χ3v) is 7.21. The number of hydrogen-bond donors (Lipinski definition) is 1. The second kappa shape index (κ2) is 7.02. The van der Waals surface area contributed by atoms with Crippen LogP contribution in [0.15, 0.2) is 4.79 Å². The average molecular weight is 428 g/mol. The van der Waals surface area contributed by atoms with E-state index >= 15 is 0 Å². The number of aromatic amines is 1. The second-order valence-electron chi connectivity index (χ2n) is 8.55. The molecule has 2 aliphatic rings. The molecule has 1 N–H and O–H groups in total. The summed E-state index contributed by atoms with van der Waals surface area (Å²) in [4.78, 5) is 33.2. The van der Waals surface area contributed by atoms with Crippen molar-refractivity contribution < 1.29 is 9.63 Å². The fraction of sp³-hybridized carbons (Fsp3) is 0.524. The summed E-state index contributed by atoms with van der Waals surface area (Å²) in [7, 11) is 1.66. The van der Waals surface area contributed by atoms with Gasteiger partial charge in [-0.1, -0.05) is 6.92 Å². The molecule has 9 heteroatoms. The van der Waals surface area contributed by atoms with E-state index in [1.807, 2.05) is 20.8 Å². The average Bonchev–Trinajstić information content (AvgIpc) is 3.24. The molecule has 0 spiro atoms. The topological polar surface area (TPSA) is 93.1 Å². The van der Waals surface area contributed by atoms with Gasteiger partial charge in [-0.3, -0.25) is 19.5 Å². The Labute approximate surface area is 177 Å². The molecule has 158 valence electrons. The molecule has 0 radical (unpaired) electrons. The van der Waals surface area contributed by atoms with Gasteiger partial charge >= 0.3 is 0 Å². The molecule has 3 aromatic rings. The lowest BCUT2D eigenvalue weighted by Gasteiger charge is -2.15. The van der Waals surface area contributed by atoms with E-state index in [1.165, 1.54) is 21.1 Å². The number of amides is 1. The van der Waals surface area contributed by atoms with Gasteiger partial charge < -0.3 is 0 Å². The van der Waals surface area contributed by atoms with Crippen molar-refractivity contribution in [1.29, 1.82) is 0 Å². The minimum Gasteiger partial charge on any atom is -0.282 e. The number of nitrogens with zero attached hydrogens (tertiary/aromatic N) is 4. The van der Waals surface area contributed by atoms with Gasteiger partial charge in [-0.15, -0.1) is 11.3 Å². The van der Waals surface area contributed by atoms with E-state index < -0.39 is 0 Å². The Morgan fingerprint density at radius 1 is 1.33 bits per heavy atom. The van der Waals surface area contributed by atoms with Gasteiger partial charge in [0.25, 0.3) is 11.5 Å². The minimum absolute atomic E-state index is 0.229. The predicted octanol–water partition coefficient (Wildman–Crippen LogP) is 2.83. The monoisotopic (exact) mass is 427 g/mol. The van der Waals surface area contributed by atoms with Gasteiger partial charge in [-0.05, 0) is 26.7 Å². The quantitative estimate of drug-likeness (QED) is 0.691. The first kappa shape index (κ1) is 19.4. The van der Waals surface area contributed by atoms with Crippen LogP contribution in [0.4, 0.5) is 0 Å². The van der Waals surface area contributed by atoms with Crippen LogP contribution in [-0.4, -0.2) is 44.1 Å². The lowest BCUT2D eigenvalue weighted by atomic mass is 10.0. The highest BCUT2D eigenvalue weighted by Crippen LogP contribution is 2.45. The number of carbonyl (C=O) groups is 1. The standard InChI is InChI=1S/C21H25N5O3S/c1-10-8-26(29-9-10)21(28)16-15(7-14-11(2)22-23-12(14)3)30-19-17(16)20(27)25(4)24-18(19)13-5-6-13/h10,13H,5-9H2,1-4H3,(H,22,23)/t10-/m1/s1. The summed E-state index contributed by atoms with van der Waals surface area (Å²) in [5.74, 6) is 0.408. The molecule has 3 aromatic heterocycles. The van der Waals surface area contributed by atoms with Crippen molar-refractivity contribution >= 4 is 27.3 Å². The zero-order chi connectivity index (χ0) is 21.2. The van der Waals surface area contributed by atoms with E-state index in [2.05, 4.69) is 15.3 Å². The van der Waals surface area contributed by atoms with E-state index in [4.69, 9.17) is 4.84 Å². The lowest BCUT2D eigenvalue weighted by molar-refractivity contribution is -0.0771. The van der Waals surface area contributed by atoms with E-state index in [-0.39, 0.29) is 17.4 Å². The summed E-state index contributed by atoms with van der Waals surface area (Å²) in [6.07, 6.45) is 2.69. The molecule has 2 fully saturated rings. The number of nitrogens with one attached hydrogen (secondary N) is 1. The van der Waals surface area contributed by atoms with Gasteiger partial charge in [0.15, 0.2) is 0 Å². The van der Waals surface area contributed by atoms with Crippen LogP contribution < -0.4 is 5.56 Å². The van der Waals surface area contributed by atoms with Crippen molar-refractivity contribution in [2.75, 3.05) is 13.2 Å². The molecule has 1 aliphatic carbocycles. The summed E-state index contributed by atoms with van der Waals surface area (Å²) >= 11 is 1.52. The molecule has 5 rings (SSSR count). The van der Waals surface area contributed by atoms with Gasteiger partial charge in [0.1, 0.15) is 0 Å². The van der Waals surface area contributed by atoms with Gasteiger partial charge in [0.05, 0.1) is 40.2 Å². The van der Waals surface area contributed by atoms with Crippen LogP contribution >= 0.6 is 11.3 Å². The van der Waals surface area contributed by atoms with Gasteiger partial charge in [0.2, 0.25) is 0 Å². The maximum atomic E-state index is 13.6. The Balaban J connectivity index is 1.73. The van der Waals surface area contributed by atoms with Crippen molar-refractivity contribution in [2.45, 2.75) is 46.0 Å². The number of rotatable bonds is 4. The van der Waals surface area contributed by atoms with Crippen molar-refractivity contribution in [3.05, 3.63) is 43.4 Å². The molecule has 8 nitrogen and oxygen atoms in total. The van der Waals surface area contributed by atoms with Crippen LogP contribution in [0.3, 0.4) is 0 Å². The predicted molar refractivity (Wildman–Crippen MR) is 114 cm³/mol. The first-order valence-corrected chi connectivity index (χ1v) is 11.1. The SMILES string of the molecule is Cc1n[nH]c(C)c1Cc1sc2c(C3CC3)nn(C)c(=O)c2c1C(=O)N1C[C@@H](C)CO1. The molecule has 1 saturated heterocycles. The fourth-order valence-corrected chi connectivity index (χ4v) is 5.48. The third-order valence-electron chi connectivity index (χ3n) is 5.99. The summed E-state index contributed by atoms with van der Waals surface area (Å²) in [6.45, 7) is 7.02. The molecule has 30 heavy (non-hydrogen) atoms. The maximum Gasteiger partial charge on any atom is 0.279 e. The minimum atomic E-state index is -0.232. The lowest BCUT2D eigenvalue weighted by Crippen LogP contribution is -2.30. The van der Waals surface area contributed by atoms with E-state index in [9.17, 15) is 9.59 Å². The highest BCUT2D eigenvalue weighted by Gasteiger charge is 2.35. The molecule has 1 saturated carbocycles. The number of aryl methyl sites for hydroxylation is 3. The van der Waals surface area contributed by atoms with Crippen molar-refractivity contribution in [1.82, 2.24) is 25.0 Å². The smallest absolute Gasteiger partial charge is 0.279 e. The molecule has 0 aromatic carbocycles. The number of fused-ring (bicyclic) bond motifs is 1. The Morgan fingerprint density at radius 3 is 2.70 bits per heavy atom. The summed E-state index contributed by atoms with van der Waals surface area (Å²) in [5, 5.41) is 13.8. The van der Waals surface area contributed by atoms with Gasteiger partial charge in [-0.25, -0.2) is 9.75 Å². The third kappa shape index (κ3) is 3.07. The van der Waals surface area contributed by atoms with Crippen LogP contribution in [0, 0.1) is 19.8 Å². The first-order valence-electron chi connectivity index (χ1n) is 10.3. The van der Waals surface area contributed by atoms with Gasteiger partial charge in [-0.2, -0.15) is 10.2 Å². The summed E-state index contributed by atoms with van der Waals surface area (Å²) in [5.41, 5.74) is 4.12. The second-order valence-corrected chi connectivity index (χ2v) is 9.65. The van der Waals surface area contributed by atoms with E-state index in [0.29, 0.717) is 36.4 Å². The molecule has 1 atom stereocenters. The Bertz CT molecular complexity index is 1200. The highest BCUT2D eigenvalue weighted by molar-refractivity contribution is 7.19. The van der Waals surface area contributed by atoms with Crippen molar-refractivity contribution in [3.8, 4) is 0 Å². The highest BCUT2D eigenvalue weighted by atomic mass is 32.1. The number of hydrogen-bond acceptors (Lipinski definition) is 6. The van der Waals surface area contributed by atoms with Crippen LogP contribution in [0.25, 0.3) is 10.1 Å². The Hall–Kier alpha value is -2.52. The Kier molecular flexibility index (Phi) is 4.55. The molecule has 4 heterocycles. The van der Waals surface area contributed by atoms with Crippen LogP contribution in [0.5, 0.6) is 0 Å². The normalized spacial score (nSPS) is 19.2. The summed E-state index contributed by atoms with van der Waals surface area (Å²) in [6, 6.07) is 0. The zero-order valence-corrected chi connectivity index (χ0v) is 18.4. The molecule has 0 bridgehead atoms. The molecular weight excluding hydrogens is 402 g/mol. The number of thiophene rings is 1. The van der Waals surface area contributed by atoms with Crippen molar-refractivity contribution in [3.63, 3.8) is 0 Å². The molecular formula is C21H25N5O3S. The first-order chi connectivity index (χ1) is 14.3. The van der Waals surface area contributed by atoms with E-state index in [1.54, 1.807) is 7.05 Å². The largest absolute Gasteiger partial charge is 0.282 e. The zero-order valence-electron chi connectivity index (χ0n) is 17.6. The number of carbonyl (C=O) groups excluding carboxylic acids is 1. The number of aromatic nitrogens is 4. The Morgan fingerprint density at radius 2 is 2.10 bits per heavy atom. The number of hydroxylamine groups is 2. The molecule has 1 amide bonds. The molecule has 1 aliphatic heterocycles.